The van der Waals surface area contributed by atoms with E-state index < -0.39 is 47.1 Å². The number of nitrogens with zero attached hydrogens (tertiary/aromatic N) is 5. The molecule has 7 N–H and O–H groups in total. The number of piperazine rings is 1. The average Bonchev–Trinajstić information content (AvgIpc) is 2.81. The second-order valence-electron chi connectivity index (χ2n) is 23.0. The van der Waals surface area contributed by atoms with Crippen molar-refractivity contribution in [2.24, 2.45) is 5.41 Å². The van der Waals surface area contributed by atoms with Crippen molar-refractivity contribution < 1.29 is 56.8 Å². The molecule has 5 amide bonds. The van der Waals surface area contributed by atoms with E-state index in [0.29, 0.717) is 79.5 Å². The number of carbonyl (C=O) groups excluding carboxylic acids is 5. The predicted molar refractivity (Wildman–Crippen MR) is 323 cm³/mol. The molecule has 460 valence electrons. The number of aromatic nitrogens is 3. The van der Waals surface area contributed by atoms with E-state index in [9.17, 15) is 37.9 Å². The molecule has 0 aliphatic carbocycles. The summed E-state index contributed by atoms with van der Waals surface area (Å²) in [5.74, 6) is -2.79. The number of rotatable bonds is 26. The van der Waals surface area contributed by atoms with E-state index in [1.54, 1.807) is 16.8 Å². The van der Waals surface area contributed by atoms with E-state index in [1.807, 2.05) is 88.4 Å². The topological polar surface area (TPSA) is 254 Å². The number of aryl methyl sites for hydroxylation is 1. The van der Waals surface area contributed by atoms with Crippen LogP contribution < -0.4 is 31.5 Å². The molecule has 3 aliphatic rings. The second kappa shape index (κ2) is 29.8. The number of ether oxygens (including phenoxy) is 4. The van der Waals surface area contributed by atoms with Gasteiger partial charge >= 0.3 is 0 Å². The smallest absolute Gasteiger partial charge is 0.258 e. The van der Waals surface area contributed by atoms with Gasteiger partial charge in [-0.2, -0.15) is 5.10 Å². The lowest BCUT2D eigenvalue weighted by atomic mass is 9.85. The first kappa shape index (κ1) is 63.1. The number of nitrogens with one attached hydrogen (secondary N) is 6. The van der Waals surface area contributed by atoms with Crippen molar-refractivity contribution in [2.75, 3.05) is 114 Å². The van der Waals surface area contributed by atoms with Crippen LogP contribution in [0.3, 0.4) is 0 Å². The number of aliphatic hydroxyl groups is 1. The fourth-order valence-electron chi connectivity index (χ4n) is 10.8. The molecule has 9 rings (SSSR count). The number of amides is 5. The lowest BCUT2D eigenvalue weighted by molar-refractivity contribution is -0.144. The van der Waals surface area contributed by atoms with Crippen LogP contribution in [0.5, 0.6) is 0 Å². The molecule has 0 unspecified atom stereocenters. The Morgan fingerprint density at radius 2 is 1.53 bits per heavy atom. The molecule has 21 nitrogen and oxygen atoms in total. The summed E-state index contributed by atoms with van der Waals surface area (Å²) < 4.78 is 50.3. The first-order valence-corrected chi connectivity index (χ1v) is 30.1. The molecular formula is C62H77F2N11O10S. The van der Waals surface area contributed by atoms with Crippen molar-refractivity contribution in [3.05, 3.63) is 124 Å². The van der Waals surface area contributed by atoms with Crippen molar-refractivity contribution in [1.29, 1.82) is 0 Å². The highest BCUT2D eigenvalue weighted by molar-refractivity contribution is 7.13. The number of aromatic amines is 1. The minimum absolute atomic E-state index is 0.0371. The Balaban J connectivity index is 0.644. The van der Waals surface area contributed by atoms with Gasteiger partial charge in [0.2, 0.25) is 23.6 Å². The van der Waals surface area contributed by atoms with Gasteiger partial charge in [-0.05, 0) is 96.3 Å². The Bertz CT molecular complexity index is 3270. The van der Waals surface area contributed by atoms with E-state index in [-0.39, 0.29) is 95.9 Å². The Hall–Kier alpha value is -7.45. The summed E-state index contributed by atoms with van der Waals surface area (Å²) in [6.07, 6.45) is 1.05. The van der Waals surface area contributed by atoms with Gasteiger partial charge in [0.15, 0.2) is 5.82 Å². The zero-order chi connectivity index (χ0) is 60.7. The highest BCUT2D eigenvalue weighted by Crippen LogP contribution is 2.32. The monoisotopic (exact) mass is 1210 g/mol. The van der Waals surface area contributed by atoms with Crippen molar-refractivity contribution in [3.63, 3.8) is 0 Å². The Morgan fingerprint density at radius 1 is 0.826 bits per heavy atom. The van der Waals surface area contributed by atoms with Crippen molar-refractivity contribution in [3.8, 4) is 10.4 Å². The molecule has 6 aromatic rings. The summed E-state index contributed by atoms with van der Waals surface area (Å²) in [5, 5.41) is 33.8. The van der Waals surface area contributed by atoms with Crippen LogP contribution in [0.2, 0.25) is 0 Å². The van der Waals surface area contributed by atoms with Gasteiger partial charge in [0.1, 0.15) is 30.3 Å². The molecular weight excluding hydrogens is 1130 g/mol. The van der Waals surface area contributed by atoms with Crippen molar-refractivity contribution >= 4 is 69.0 Å². The van der Waals surface area contributed by atoms with E-state index >= 15 is 0 Å². The number of thiazole rings is 1. The third kappa shape index (κ3) is 17.4. The van der Waals surface area contributed by atoms with Crippen LogP contribution in [0.15, 0.2) is 84.4 Å². The minimum atomic E-state index is -0.994. The van der Waals surface area contributed by atoms with Crippen LogP contribution in [0.1, 0.15) is 72.8 Å². The van der Waals surface area contributed by atoms with Gasteiger partial charge in [0, 0.05) is 94.3 Å². The number of hydrogen-bond acceptors (Lipinski definition) is 16. The molecule has 5 heterocycles. The molecule has 4 aromatic carbocycles. The fourth-order valence-corrected chi connectivity index (χ4v) is 11.6. The Labute approximate surface area is 502 Å². The van der Waals surface area contributed by atoms with Crippen molar-refractivity contribution in [1.82, 2.24) is 40.9 Å². The first-order valence-electron chi connectivity index (χ1n) is 29.2. The third-order valence-electron chi connectivity index (χ3n) is 15.4. The van der Waals surface area contributed by atoms with Gasteiger partial charge in [-0.15, -0.1) is 11.3 Å². The van der Waals surface area contributed by atoms with Gasteiger partial charge in [-0.3, -0.25) is 34.0 Å². The highest BCUT2D eigenvalue weighted by Gasteiger charge is 2.44. The molecule has 0 spiro atoms. The molecule has 2 aromatic heterocycles. The minimum Gasteiger partial charge on any atom is -0.391 e. The number of benzene rings is 4. The van der Waals surface area contributed by atoms with E-state index in [1.165, 1.54) is 17.0 Å². The zero-order valence-corrected chi connectivity index (χ0v) is 49.9. The zero-order valence-electron chi connectivity index (χ0n) is 49.1. The van der Waals surface area contributed by atoms with Crippen LogP contribution in [-0.2, 0) is 51.1 Å². The van der Waals surface area contributed by atoms with Gasteiger partial charge in [-0.25, -0.2) is 13.8 Å². The summed E-state index contributed by atoms with van der Waals surface area (Å²) in [5.41, 5.74) is 7.99. The predicted octanol–water partition coefficient (Wildman–Crippen LogP) is 5.80. The van der Waals surface area contributed by atoms with E-state index in [4.69, 9.17) is 18.9 Å². The maximum atomic E-state index is 14.0. The van der Waals surface area contributed by atoms with Crippen LogP contribution in [0.4, 0.5) is 26.0 Å². The van der Waals surface area contributed by atoms with Crippen LogP contribution in [0, 0.1) is 24.0 Å². The SMILES string of the molecule is Cc1ncsc1-c1ccc(CNC(=O)[C@@H]2C[C@@H](O)CN2C(=O)[C@@H](NC(=O)COCCOCCOCCNC(=O)CN2CCN(c3ccc(C(=O)Nc4n[nH]c5ccc(Cc6cc(F)cc(F)c6)cc45)c(NC4CCOCC4)c3)CC2)C(C)(C)C)cc1. The molecule has 86 heavy (non-hydrogen) atoms. The maximum Gasteiger partial charge on any atom is 0.258 e. The number of β-amino-alcohol motifs (C(OH)–C–C–N with tert-alkyl or cyclic N) is 1. The third-order valence-corrected chi connectivity index (χ3v) is 16.4. The number of H-pyrrole nitrogens is 1. The quantitative estimate of drug-likeness (QED) is 0.0317. The highest BCUT2D eigenvalue weighted by atomic mass is 32.1. The molecule has 0 bridgehead atoms. The number of carbonyl (C=O) groups is 5. The number of hydrogen-bond donors (Lipinski definition) is 7. The molecule has 0 saturated carbocycles. The van der Waals surface area contributed by atoms with Crippen LogP contribution in [0.25, 0.3) is 21.3 Å². The van der Waals surface area contributed by atoms with Gasteiger partial charge in [0.25, 0.3) is 5.91 Å². The van der Waals surface area contributed by atoms with Gasteiger partial charge in [0.05, 0.1) is 72.8 Å². The first-order chi connectivity index (χ1) is 41.4. The number of fused-ring (bicyclic) bond motifs is 1. The molecule has 3 fully saturated rings. The standard InChI is InChI=1S/C62H77F2N11O10S/c1-39-56(86-38-67-39)43-8-5-40(6-9-43)34-66-60(80)53-33-48(76)35-75(53)61(81)57(62(2,3)4)69-55(78)37-85-26-25-84-24-23-83-22-15-65-54(77)36-73-16-18-74(19-17-73)47-10-11-49(52(32-47)68-46-13-20-82-21-14-46)59(79)70-58-50-30-41(7-12-51(50)71-72-58)27-42-28-44(63)31-45(64)29-42/h5-12,28-32,38,46,48,53,57,68,76H,13-27,33-37H2,1-4H3,(H,65,77)(H,66,80)(H,69,78)(H2,70,71,72,79)/t48-,53+,57-/m1/s1. The normalized spacial score (nSPS) is 17.2. The van der Waals surface area contributed by atoms with Crippen LogP contribution >= 0.6 is 11.3 Å². The number of likely N-dealkylation sites (tertiary alicyclic amines) is 1. The van der Waals surface area contributed by atoms with Gasteiger partial charge < -0.3 is 60.4 Å². The summed E-state index contributed by atoms with van der Waals surface area (Å²) in [6.45, 7) is 12.9. The molecule has 3 atom stereocenters. The Morgan fingerprint density at radius 3 is 2.24 bits per heavy atom. The van der Waals surface area contributed by atoms with Crippen molar-refractivity contribution in [2.45, 2.75) is 84.2 Å². The molecule has 3 saturated heterocycles. The number of aliphatic hydroxyl groups excluding tert-OH is 1. The van der Waals surface area contributed by atoms with Gasteiger partial charge in [-0.1, -0.05) is 51.1 Å². The largest absolute Gasteiger partial charge is 0.391 e. The fraction of sp³-hybridized carbons (Fsp3) is 0.468. The van der Waals surface area contributed by atoms with E-state index in [2.05, 4.69) is 51.6 Å². The molecule has 24 heteroatoms. The molecule has 0 radical (unpaired) electrons. The second-order valence-corrected chi connectivity index (χ2v) is 23.8. The summed E-state index contributed by atoms with van der Waals surface area (Å²) in [7, 11) is 0. The lowest BCUT2D eigenvalue weighted by Gasteiger charge is -2.36. The number of anilines is 3. The van der Waals surface area contributed by atoms with E-state index in [0.717, 1.165) is 51.9 Å². The average molecular weight is 1210 g/mol. The van der Waals surface area contributed by atoms with Crippen LogP contribution in [-0.4, -0.2) is 183 Å². The maximum absolute atomic E-state index is 14.0. The molecule has 3 aliphatic heterocycles. The summed E-state index contributed by atoms with van der Waals surface area (Å²) in [4.78, 5) is 78.6. The lowest BCUT2D eigenvalue weighted by Crippen LogP contribution is -2.58. The summed E-state index contributed by atoms with van der Waals surface area (Å²) >= 11 is 1.56. The number of halogens is 2. The summed E-state index contributed by atoms with van der Waals surface area (Å²) in [6, 6.07) is 20.7. The Kier molecular flexibility index (Phi) is 21.8.